The second-order valence-corrected chi connectivity index (χ2v) is 8.03. The van der Waals surface area contributed by atoms with Gasteiger partial charge in [0.1, 0.15) is 5.78 Å². The lowest BCUT2D eigenvalue weighted by molar-refractivity contribution is -0.126. The van der Waals surface area contributed by atoms with Crippen molar-refractivity contribution in [1.29, 1.82) is 0 Å². The predicted octanol–water partition coefficient (Wildman–Crippen LogP) is 5.14. The number of allylic oxidation sites excluding steroid dienone is 2. The van der Waals surface area contributed by atoms with Crippen LogP contribution in [0.5, 0.6) is 0 Å². The highest BCUT2D eigenvalue weighted by atomic mass is 16.1. The monoisotopic (exact) mass is 316 g/mol. The van der Waals surface area contributed by atoms with E-state index in [1.165, 1.54) is 40.3 Å². The maximum absolute atomic E-state index is 13.0. The molecule has 0 aromatic heterocycles. The summed E-state index contributed by atoms with van der Waals surface area (Å²) >= 11 is 0. The lowest BCUT2D eigenvalue weighted by Crippen LogP contribution is -2.43. The number of hydrogen-bond acceptors (Lipinski definition) is 1. The molecule has 0 aliphatic heterocycles. The van der Waals surface area contributed by atoms with Crippen LogP contribution in [0.3, 0.4) is 0 Å². The van der Waals surface area contributed by atoms with Gasteiger partial charge in [0.05, 0.1) is 5.41 Å². The summed E-state index contributed by atoms with van der Waals surface area (Å²) in [6.45, 7) is 2.23. The molecule has 3 atom stereocenters. The number of aryl methyl sites for hydroxylation is 2. The number of rotatable bonds is 2. The van der Waals surface area contributed by atoms with E-state index in [9.17, 15) is 4.79 Å². The molecule has 1 fully saturated rings. The second kappa shape index (κ2) is 5.05. The van der Waals surface area contributed by atoms with Gasteiger partial charge < -0.3 is 0 Å². The van der Waals surface area contributed by atoms with E-state index < -0.39 is 0 Å². The van der Waals surface area contributed by atoms with Crippen LogP contribution >= 0.6 is 0 Å². The lowest BCUT2D eigenvalue weighted by Gasteiger charge is -2.39. The van der Waals surface area contributed by atoms with Crippen molar-refractivity contribution < 1.29 is 4.79 Å². The zero-order valence-electron chi connectivity index (χ0n) is 14.3. The normalized spacial score (nSPS) is 30.5. The third-order valence-electron chi connectivity index (χ3n) is 6.65. The maximum atomic E-state index is 13.0. The minimum absolute atomic E-state index is 0.205. The summed E-state index contributed by atoms with van der Waals surface area (Å²) in [5.41, 5.74) is 4.00. The fourth-order valence-corrected chi connectivity index (χ4v) is 5.57. The highest BCUT2D eigenvalue weighted by Gasteiger charge is 2.55. The molecule has 3 aliphatic rings. The summed E-state index contributed by atoms with van der Waals surface area (Å²) in [6.07, 6.45) is 10.9. The Labute approximate surface area is 143 Å². The van der Waals surface area contributed by atoms with E-state index in [0.29, 0.717) is 17.6 Å². The molecule has 2 aromatic rings. The maximum Gasteiger partial charge on any atom is 0.144 e. The van der Waals surface area contributed by atoms with Gasteiger partial charge in [0.15, 0.2) is 0 Å². The van der Waals surface area contributed by atoms with Crippen LogP contribution < -0.4 is 0 Å². The SMILES string of the molecule is CCCc1ccc2cc3c(cc2c1)CCC(=O)C31CC2C=CC1C2. The van der Waals surface area contributed by atoms with Gasteiger partial charge in [-0.1, -0.05) is 49.8 Å². The number of fused-ring (bicyclic) bond motifs is 6. The van der Waals surface area contributed by atoms with Crippen molar-refractivity contribution in [3.05, 3.63) is 59.2 Å². The Kier molecular flexibility index (Phi) is 3.04. The van der Waals surface area contributed by atoms with E-state index in [1.807, 2.05) is 0 Å². The van der Waals surface area contributed by atoms with E-state index >= 15 is 0 Å². The largest absolute Gasteiger partial charge is 0.299 e. The minimum Gasteiger partial charge on any atom is -0.299 e. The van der Waals surface area contributed by atoms with Gasteiger partial charge in [-0.25, -0.2) is 0 Å². The molecule has 3 aliphatic carbocycles. The molecular weight excluding hydrogens is 292 g/mol. The number of ketones is 1. The lowest BCUT2D eigenvalue weighted by atomic mass is 9.62. The molecule has 0 N–H and O–H groups in total. The fraction of sp³-hybridized carbons (Fsp3) is 0.435. The molecule has 0 heterocycles. The van der Waals surface area contributed by atoms with Gasteiger partial charge in [-0.15, -0.1) is 0 Å². The fourth-order valence-electron chi connectivity index (χ4n) is 5.57. The molecule has 24 heavy (non-hydrogen) atoms. The molecule has 0 radical (unpaired) electrons. The Balaban J connectivity index is 1.70. The third kappa shape index (κ3) is 1.84. The standard InChI is InChI=1S/C23H24O/c1-2-3-15-4-6-17-13-21-18(12-19(17)10-15)7-9-22(24)23(21)14-16-5-8-20(23)11-16/h4-6,8,10,12-13,16,20H,2-3,7,9,11,14H2,1H3. The summed E-state index contributed by atoms with van der Waals surface area (Å²) in [6, 6.07) is 11.6. The molecule has 1 heteroatoms. The number of carbonyl (C=O) groups is 1. The van der Waals surface area contributed by atoms with E-state index in [1.54, 1.807) is 0 Å². The Morgan fingerprint density at radius 1 is 1.08 bits per heavy atom. The molecule has 2 bridgehead atoms. The first kappa shape index (κ1) is 14.5. The van der Waals surface area contributed by atoms with Gasteiger partial charge >= 0.3 is 0 Å². The summed E-state index contributed by atoms with van der Waals surface area (Å²) in [4.78, 5) is 13.0. The first-order chi connectivity index (χ1) is 11.7. The molecule has 1 spiro atoms. The smallest absolute Gasteiger partial charge is 0.144 e. The molecule has 0 amide bonds. The van der Waals surface area contributed by atoms with Gasteiger partial charge in [0.2, 0.25) is 0 Å². The number of carbonyl (C=O) groups excluding carboxylic acids is 1. The molecule has 0 saturated heterocycles. The number of hydrogen-bond donors (Lipinski definition) is 0. The van der Waals surface area contributed by atoms with Gasteiger partial charge in [-0.2, -0.15) is 0 Å². The zero-order valence-corrected chi connectivity index (χ0v) is 14.3. The van der Waals surface area contributed by atoms with Crippen molar-refractivity contribution in [2.45, 2.75) is 50.9 Å². The van der Waals surface area contributed by atoms with Crippen LogP contribution in [0, 0.1) is 11.8 Å². The Hall–Kier alpha value is -1.89. The molecule has 122 valence electrons. The topological polar surface area (TPSA) is 17.1 Å². The van der Waals surface area contributed by atoms with Crippen LogP contribution in [0.2, 0.25) is 0 Å². The van der Waals surface area contributed by atoms with Crippen molar-refractivity contribution in [2.24, 2.45) is 11.8 Å². The van der Waals surface area contributed by atoms with Crippen LogP contribution in [-0.4, -0.2) is 5.78 Å². The molecule has 5 rings (SSSR count). The van der Waals surface area contributed by atoms with Crippen molar-refractivity contribution >= 4 is 16.6 Å². The molecule has 1 saturated carbocycles. The Morgan fingerprint density at radius 3 is 2.75 bits per heavy atom. The van der Waals surface area contributed by atoms with Crippen molar-refractivity contribution in [3.63, 3.8) is 0 Å². The number of Topliss-reactive ketones (excluding diaryl/α,β-unsaturated/α-hetero) is 1. The van der Waals surface area contributed by atoms with Crippen LogP contribution in [-0.2, 0) is 23.1 Å². The first-order valence-electron chi connectivity index (χ1n) is 9.48. The highest BCUT2D eigenvalue weighted by molar-refractivity contribution is 5.96. The molecule has 3 unspecified atom stereocenters. The second-order valence-electron chi connectivity index (χ2n) is 8.03. The summed E-state index contributed by atoms with van der Waals surface area (Å²) in [5, 5.41) is 2.65. The van der Waals surface area contributed by atoms with E-state index in [4.69, 9.17) is 0 Å². The summed E-state index contributed by atoms with van der Waals surface area (Å²) in [7, 11) is 0. The highest BCUT2D eigenvalue weighted by Crippen LogP contribution is 2.57. The number of benzene rings is 2. The Bertz CT molecular complexity index is 875. The predicted molar refractivity (Wildman–Crippen MR) is 98.3 cm³/mol. The van der Waals surface area contributed by atoms with Crippen LogP contribution in [0.25, 0.3) is 10.8 Å². The van der Waals surface area contributed by atoms with Gasteiger partial charge in [-0.3, -0.25) is 4.79 Å². The summed E-state index contributed by atoms with van der Waals surface area (Å²) in [5.74, 6) is 1.55. The van der Waals surface area contributed by atoms with E-state index in [2.05, 4.69) is 49.4 Å². The zero-order chi connectivity index (χ0) is 16.3. The van der Waals surface area contributed by atoms with Gasteiger partial charge in [0, 0.05) is 6.42 Å². The van der Waals surface area contributed by atoms with Crippen LogP contribution in [0.4, 0.5) is 0 Å². The average Bonchev–Trinajstić information content (AvgIpc) is 3.19. The summed E-state index contributed by atoms with van der Waals surface area (Å²) < 4.78 is 0. The van der Waals surface area contributed by atoms with Gasteiger partial charge in [-0.05, 0) is 71.0 Å². The van der Waals surface area contributed by atoms with Gasteiger partial charge in [0.25, 0.3) is 0 Å². The quantitative estimate of drug-likeness (QED) is 0.701. The Morgan fingerprint density at radius 2 is 2.00 bits per heavy atom. The van der Waals surface area contributed by atoms with Crippen LogP contribution in [0.1, 0.15) is 49.3 Å². The van der Waals surface area contributed by atoms with E-state index in [-0.39, 0.29) is 5.41 Å². The molecule has 2 aromatic carbocycles. The minimum atomic E-state index is -0.205. The third-order valence-corrected chi connectivity index (χ3v) is 6.65. The van der Waals surface area contributed by atoms with Crippen molar-refractivity contribution in [1.82, 2.24) is 0 Å². The first-order valence-corrected chi connectivity index (χ1v) is 9.48. The van der Waals surface area contributed by atoms with Crippen molar-refractivity contribution in [2.75, 3.05) is 0 Å². The van der Waals surface area contributed by atoms with E-state index in [0.717, 1.165) is 25.7 Å². The van der Waals surface area contributed by atoms with Crippen molar-refractivity contribution in [3.8, 4) is 0 Å². The molecule has 1 nitrogen and oxygen atoms in total. The molecular formula is C23H24O. The van der Waals surface area contributed by atoms with Crippen LogP contribution in [0.15, 0.2) is 42.5 Å². The average molecular weight is 316 g/mol.